The molecule has 2 aromatic rings. The molecular formula is C44H58N4O15S3. The average Bonchev–Trinajstić information content (AvgIpc) is 3.84. The van der Waals surface area contributed by atoms with E-state index in [1.807, 2.05) is 0 Å². The number of benzene rings is 2. The summed E-state index contributed by atoms with van der Waals surface area (Å²) >= 11 is 1.47. The second-order valence-corrected chi connectivity index (χ2v) is 20.8. The van der Waals surface area contributed by atoms with Gasteiger partial charge in [0.25, 0.3) is 32.1 Å². The van der Waals surface area contributed by atoms with Crippen molar-refractivity contribution < 1.29 is 69.1 Å². The first kappa shape index (κ1) is 52.1. The minimum Gasteiger partial charge on any atom is -0.432 e. The third-order valence-electron chi connectivity index (χ3n) is 11.6. The van der Waals surface area contributed by atoms with Gasteiger partial charge < -0.3 is 15.4 Å². The first-order valence-electron chi connectivity index (χ1n) is 22.3. The van der Waals surface area contributed by atoms with Crippen molar-refractivity contribution in [2.45, 2.75) is 132 Å². The molecule has 6 amide bonds. The van der Waals surface area contributed by atoms with E-state index < -0.39 is 72.5 Å². The summed E-state index contributed by atoms with van der Waals surface area (Å²) in [6.07, 6.45) is 12.6. The summed E-state index contributed by atoms with van der Waals surface area (Å²) in [6.45, 7) is -0.602. The van der Waals surface area contributed by atoms with Crippen LogP contribution >= 0.6 is 11.8 Å². The van der Waals surface area contributed by atoms with Crippen molar-refractivity contribution in [3.63, 3.8) is 0 Å². The third kappa shape index (κ3) is 15.9. The molecule has 0 saturated carbocycles. The molecule has 4 N–H and O–H groups in total. The molecule has 5 rings (SSSR count). The number of hydrogen-bond donors (Lipinski definition) is 4. The van der Waals surface area contributed by atoms with Crippen LogP contribution in [0.5, 0.6) is 0 Å². The standard InChI is InChI=1S/C44H58N4O15S3/c49-38(45-22-25-65(56,57)58)14-12-10-8-6-4-2-1-3-5-7-9-11-13-24-64-37-28-42(53)47(43(37)54)23-21-39(50)46-30-15-17-32-33-18-16-31(66(59,60)61)27-35(33)36(34(32)26-30)29-62-44(55)63-48-40(51)19-20-41(48)52/h15-18,26-27,36-37H,1-14,19-25,28-29H2,(H,45,49)(H,46,50)(H,56,57,58)(H,59,60,61). The number of likely N-dealkylation sites (tertiary alicyclic amines) is 1. The topological polar surface area (TPSA) is 277 Å². The van der Waals surface area contributed by atoms with Crippen LogP contribution in [-0.2, 0) is 58.6 Å². The van der Waals surface area contributed by atoms with Crippen molar-refractivity contribution in [3.05, 3.63) is 47.5 Å². The molecule has 2 unspecified atom stereocenters. The van der Waals surface area contributed by atoms with Crippen LogP contribution in [0.4, 0.5) is 10.5 Å². The van der Waals surface area contributed by atoms with Crippen LogP contribution in [0, 0.1) is 0 Å². The van der Waals surface area contributed by atoms with E-state index in [-0.39, 0.29) is 56.5 Å². The number of imide groups is 2. The van der Waals surface area contributed by atoms with Crippen LogP contribution < -0.4 is 10.6 Å². The van der Waals surface area contributed by atoms with Gasteiger partial charge in [-0.05, 0) is 65.1 Å². The van der Waals surface area contributed by atoms with Gasteiger partial charge in [-0.3, -0.25) is 47.6 Å². The smallest absolute Gasteiger partial charge is 0.432 e. The van der Waals surface area contributed by atoms with Gasteiger partial charge in [0.2, 0.25) is 23.6 Å². The van der Waals surface area contributed by atoms with Gasteiger partial charge in [0, 0.05) is 56.8 Å². The SMILES string of the molecule is O=C(CCCCCCCCCCCCCCCSC1CC(=O)N(CCC(=O)Nc2ccc3c(c2)C(COC(=O)ON2C(=O)CCC2=O)c2cc(S(=O)(=O)O)ccc2-3)C1=O)NCCS(=O)(=O)O. The molecule has 2 fully saturated rings. The number of fused-ring (bicyclic) bond motifs is 3. The summed E-state index contributed by atoms with van der Waals surface area (Å²) in [5.41, 5.74) is 2.44. The lowest BCUT2D eigenvalue weighted by Gasteiger charge is -2.17. The number of carbonyl (C=O) groups excluding carboxylic acids is 7. The number of unbranched alkanes of at least 4 members (excludes halogenated alkanes) is 12. The maximum atomic E-state index is 13.1. The van der Waals surface area contributed by atoms with Crippen LogP contribution in [0.15, 0.2) is 41.3 Å². The minimum atomic E-state index is -4.60. The lowest BCUT2D eigenvalue weighted by molar-refractivity contribution is -0.177. The Kier molecular flexibility index (Phi) is 19.5. The predicted molar refractivity (Wildman–Crippen MR) is 242 cm³/mol. The van der Waals surface area contributed by atoms with Gasteiger partial charge in [0.05, 0.1) is 15.9 Å². The van der Waals surface area contributed by atoms with E-state index in [9.17, 15) is 55.0 Å². The zero-order valence-electron chi connectivity index (χ0n) is 36.7. The molecule has 66 heavy (non-hydrogen) atoms. The molecule has 19 nitrogen and oxygen atoms in total. The van der Waals surface area contributed by atoms with E-state index in [4.69, 9.17) is 14.1 Å². The Morgan fingerprint density at radius 3 is 1.89 bits per heavy atom. The number of ether oxygens (including phenoxy) is 1. The van der Waals surface area contributed by atoms with Crippen molar-refractivity contribution >= 4 is 79.3 Å². The number of hydroxylamine groups is 2. The van der Waals surface area contributed by atoms with Gasteiger partial charge in [-0.25, -0.2) is 4.79 Å². The molecule has 22 heteroatoms. The fourth-order valence-electron chi connectivity index (χ4n) is 8.09. The van der Waals surface area contributed by atoms with Crippen LogP contribution in [0.1, 0.15) is 133 Å². The largest absolute Gasteiger partial charge is 0.533 e. The molecule has 2 saturated heterocycles. The average molecular weight is 979 g/mol. The minimum absolute atomic E-state index is 0.0799. The number of amides is 6. The van der Waals surface area contributed by atoms with Gasteiger partial charge in [0.1, 0.15) is 6.61 Å². The molecule has 0 aromatic heterocycles. The van der Waals surface area contributed by atoms with E-state index in [2.05, 4.69) is 10.6 Å². The van der Waals surface area contributed by atoms with Gasteiger partial charge in [-0.1, -0.05) is 87.8 Å². The Balaban J connectivity index is 0.958. The van der Waals surface area contributed by atoms with Crippen molar-refractivity contribution in [1.82, 2.24) is 15.3 Å². The first-order valence-corrected chi connectivity index (χ1v) is 26.4. The number of anilines is 1. The van der Waals surface area contributed by atoms with E-state index in [1.54, 1.807) is 18.2 Å². The molecule has 0 spiro atoms. The number of carbonyl (C=O) groups is 7. The zero-order valence-corrected chi connectivity index (χ0v) is 39.2. The van der Waals surface area contributed by atoms with Gasteiger partial charge in [-0.2, -0.15) is 16.8 Å². The Hall–Kier alpha value is -4.90. The molecule has 362 valence electrons. The van der Waals surface area contributed by atoms with E-state index in [0.29, 0.717) is 39.4 Å². The van der Waals surface area contributed by atoms with Gasteiger partial charge in [0.15, 0.2) is 0 Å². The van der Waals surface area contributed by atoms with Crippen LogP contribution in [0.25, 0.3) is 11.1 Å². The molecule has 2 atom stereocenters. The molecular weight excluding hydrogens is 921 g/mol. The Morgan fingerprint density at radius 1 is 0.712 bits per heavy atom. The number of rotatable bonds is 28. The number of hydrogen-bond acceptors (Lipinski definition) is 14. The third-order valence-corrected chi connectivity index (χ3v) is 14.4. The lowest BCUT2D eigenvalue weighted by atomic mass is 9.97. The van der Waals surface area contributed by atoms with Crippen LogP contribution in [0.2, 0.25) is 0 Å². The number of nitrogens with one attached hydrogen (secondary N) is 2. The van der Waals surface area contributed by atoms with Gasteiger partial charge in [-0.15, -0.1) is 11.8 Å². The molecule has 0 bridgehead atoms. The fourth-order valence-corrected chi connectivity index (χ4v) is 10.1. The molecule has 1 aliphatic carbocycles. The highest BCUT2D eigenvalue weighted by Crippen LogP contribution is 2.47. The summed E-state index contributed by atoms with van der Waals surface area (Å²) in [5.74, 6) is -3.27. The second-order valence-electron chi connectivity index (χ2n) is 16.5. The summed E-state index contributed by atoms with van der Waals surface area (Å²) in [4.78, 5) is 92.5. The van der Waals surface area contributed by atoms with Crippen molar-refractivity contribution in [1.29, 1.82) is 0 Å². The second kappa shape index (κ2) is 24.7. The normalized spacial score (nSPS) is 17.0. The lowest BCUT2D eigenvalue weighted by Crippen LogP contribution is -2.34. The molecule has 2 aliphatic heterocycles. The van der Waals surface area contributed by atoms with Crippen LogP contribution in [-0.4, -0.2) is 114 Å². The number of thioether (sulfide) groups is 1. The molecule has 0 radical (unpaired) electrons. The summed E-state index contributed by atoms with van der Waals surface area (Å²) < 4.78 is 69.0. The van der Waals surface area contributed by atoms with Crippen molar-refractivity contribution in [2.24, 2.45) is 0 Å². The highest BCUT2D eigenvalue weighted by Gasteiger charge is 2.39. The summed E-state index contributed by atoms with van der Waals surface area (Å²) in [5, 5.41) is 5.10. The van der Waals surface area contributed by atoms with E-state index >= 15 is 0 Å². The highest BCUT2D eigenvalue weighted by atomic mass is 32.2. The van der Waals surface area contributed by atoms with E-state index in [0.717, 1.165) is 68.4 Å². The Labute approximate surface area is 388 Å². The maximum Gasteiger partial charge on any atom is 0.533 e. The van der Waals surface area contributed by atoms with Crippen molar-refractivity contribution in [3.8, 4) is 11.1 Å². The predicted octanol–water partition coefficient (Wildman–Crippen LogP) is 5.92. The summed E-state index contributed by atoms with van der Waals surface area (Å²) in [6, 6.07) is 8.86. The zero-order chi connectivity index (χ0) is 47.9. The summed E-state index contributed by atoms with van der Waals surface area (Å²) in [7, 11) is -8.67. The fraction of sp³-hybridized carbons (Fsp3) is 0.568. The Morgan fingerprint density at radius 2 is 1.29 bits per heavy atom. The molecule has 2 heterocycles. The Bertz CT molecular complexity index is 2320. The number of nitrogens with zero attached hydrogens (tertiary/aromatic N) is 2. The maximum absolute atomic E-state index is 13.1. The first-order chi connectivity index (χ1) is 31.4. The molecule has 3 aliphatic rings. The highest BCUT2D eigenvalue weighted by molar-refractivity contribution is 8.00. The molecule has 2 aromatic carbocycles. The van der Waals surface area contributed by atoms with E-state index in [1.165, 1.54) is 55.6 Å². The van der Waals surface area contributed by atoms with Crippen molar-refractivity contribution in [2.75, 3.05) is 36.5 Å². The quantitative estimate of drug-likeness (QED) is 0.0333. The van der Waals surface area contributed by atoms with Gasteiger partial charge >= 0.3 is 6.16 Å². The van der Waals surface area contributed by atoms with Crippen LogP contribution in [0.3, 0.4) is 0 Å². The monoisotopic (exact) mass is 978 g/mol.